The average molecular weight is 375 g/mol. The molecule has 0 aliphatic heterocycles. The Morgan fingerprint density at radius 2 is 1.86 bits per heavy atom. The SMILES string of the molecule is COc1ccc(Nc2nccc(C(=O)Nc3cccc(C#N)c3)n2)cc1OC. The summed E-state index contributed by atoms with van der Waals surface area (Å²) in [5, 5.41) is 14.7. The van der Waals surface area contributed by atoms with Crippen molar-refractivity contribution >= 4 is 23.2 Å². The van der Waals surface area contributed by atoms with Gasteiger partial charge in [-0.3, -0.25) is 4.79 Å². The number of methoxy groups -OCH3 is 2. The lowest BCUT2D eigenvalue weighted by atomic mass is 10.2. The van der Waals surface area contributed by atoms with Crippen molar-refractivity contribution in [2.75, 3.05) is 24.9 Å². The summed E-state index contributed by atoms with van der Waals surface area (Å²) in [5.74, 6) is 0.999. The number of benzene rings is 2. The third kappa shape index (κ3) is 4.34. The molecule has 3 aromatic rings. The molecule has 1 amide bonds. The summed E-state index contributed by atoms with van der Waals surface area (Å²) in [6.45, 7) is 0. The molecule has 8 heteroatoms. The lowest BCUT2D eigenvalue weighted by Gasteiger charge is -2.11. The molecule has 8 nitrogen and oxygen atoms in total. The Balaban J connectivity index is 1.76. The van der Waals surface area contributed by atoms with Gasteiger partial charge in [0.05, 0.1) is 25.9 Å². The van der Waals surface area contributed by atoms with Crippen LogP contribution in [0, 0.1) is 11.3 Å². The van der Waals surface area contributed by atoms with Crippen LogP contribution in [-0.4, -0.2) is 30.1 Å². The van der Waals surface area contributed by atoms with E-state index in [1.54, 1.807) is 56.7 Å². The summed E-state index contributed by atoms with van der Waals surface area (Å²) >= 11 is 0. The molecule has 0 saturated heterocycles. The van der Waals surface area contributed by atoms with E-state index in [-0.39, 0.29) is 11.6 Å². The van der Waals surface area contributed by atoms with Crippen molar-refractivity contribution in [1.29, 1.82) is 5.26 Å². The van der Waals surface area contributed by atoms with Crippen LogP contribution in [0.4, 0.5) is 17.3 Å². The highest BCUT2D eigenvalue weighted by Crippen LogP contribution is 2.30. The van der Waals surface area contributed by atoms with E-state index in [1.165, 1.54) is 12.3 Å². The number of rotatable bonds is 6. The molecule has 1 aromatic heterocycles. The zero-order valence-corrected chi connectivity index (χ0v) is 15.3. The number of ether oxygens (including phenoxy) is 2. The zero-order valence-electron chi connectivity index (χ0n) is 15.3. The molecule has 0 aliphatic rings. The van der Waals surface area contributed by atoms with Gasteiger partial charge in [0, 0.05) is 23.6 Å². The number of anilines is 3. The van der Waals surface area contributed by atoms with Crippen LogP contribution < -0.4 is 20.1 Å². The van der Waals surface area contributed by atoms with Crippen LogP contribution in [0.5, 0.6) is 11.5 Å². The fraction of sp³-hybridized carbons (Fsp3) is 0.100. The number of amides is 1. The van der Waals surface area contributed by atoms with Crippen LogP contribution >= 0.6 is 0 Å². The number of carbonyl (C=O) groups excluding carboxylic acids is 1. The van der Waals surface area contributed by atoms with Crippen LogP contribution in [-0.2, 0) is 0 Å². The van der Waals surface area contributed by atoms with Crippen molar-refractivity contribution in [1.82, 2.24) is 9.97 Å². The van der Waals surface area contributed by atoms with Gasteiger partial charge in [-0.15, -0.1) is 0 Å². The third-order valence-corrected chi connectivity index (χ3v) is 3.78. The van der Waals surface area contributed by atoms with Crippen molar-refractivity contribution in [2.24, 2.45) is 0 Å². The van der Waals surface area contributed by atoms with Gasteiger partial charge in [-0.25, -0.2) is 9.97 Å². The highest BCUT2D eigenvalue weighted by atomic mass is 16.5. The molecule has 0 spiro atoms. The third-order valence-electron chi connectivity index (χ3n) is 3.78. The van der Waals surface area contributed by atoms with Crippen LogP contribution in [0.3, 0.4) is 0 Å². The molecule has 3 rings (SSSR count). The van der Waals surface area contributed by atoms with E-state index in [0.29, 0.717) is 28.4 Å². The molecule has 140 valence electrons. The fourth-order valence-corrected chi connectivity index (χ4v) is 2.45. The van der Waals surface area contributed by atoms with E-state index in [0.717, 1.165) is 0 Å². The topological polar surface area (TPSA) is 109 Å². The fourth-order valence-electron chi connectivity index (χ4n) is 2.45. The minimum Gasteiger partial charge on any atom is -0.493 e. The molecule has 0 atom stereocenters. The maximum absolute atomic E-state index is 12.5. The number of carbonyl (C=O) groups is 1. The summed E-state index contributed by atoms with van der Waals surface area (Å²) < 4.78 is 10.5. The smallest absolute Gasteiger partial charge is 0.274 e. The molecule has 2 N–H and O–H groups in total. The Hall–Kier alpha value is -4.12. The molecule has 0 unspecified atom stereocenters. The largest absolute Gasteiger partial charge is 0.493 e. The van der Waals surface area contributed by atoms with Gasteiger partial charge in [0.15, 0.2) is 11.5 Å². The van der Waals surface area contributed by atoms with Gasteiger partial charge in [0.1, 0.15) is 5.69 Å². The van der Waals surface area contributed by atoms with Crippen molar-refractivity contribution in [3.63, 3.8) is 0 Å². The van der Waals surface area contributed by atoms with Crippen molar-refractivity contribution < 1.29 is 14.3 Å². The molecule has 2 aromatic carbocycles. The number of aromatic nitrogens is 2. The van der Waals surface area contributed by atoms with Crippen molar-refractivity contribution in [3.8, 4) is 17.6 Å². The van der Waals surface area contributed by atoms with E-state index in [4.69, 9.17) is 14.7 Å². The summed E-state index contributed by atoms with van der Waals surface area (Å²) in [7, 11) is 3.10. The van der Waals surface area contributed by atoms with Gasteiger partial charge in [-0.2, -0.15) is 5.26 Å². The van der Waals surface area contributed by atoms with Crippen molar-refractivity contribution in [3.05, 3.63) is 66.0 Å². The number of hydrogen-bond acceptors (Lipinski definition) is 7. The van der Waals surface area contributed by atoms with Gasteiger partial charge in [0.25, 0.3) is 5.91 Å². The van der Waals surface area contributed by atoms with Crippen LogP contribution in [0.1, 0.15) is 16.1 Å². The summed E-state index contributed by atoms with van der Waals surface area (Å²) in [4.78, 5) is 20.8. The van der Waals surface area contributed by atoms with Gasteiger partial charge < -0.3 is 20.1 Å². The molecule has 0 radical (unpaired) electrons. The Bertz CT molecular complexity index is 1050. The second-order valence-electron chi connectivity index (χ2n) is 5.61. The summed E-state index contributed by atoms with van der Waals surface area (Å²) in [6.07, 6.45) is 1.48. The number of nitrogens with one attached hydrogen (secondary N) is 2. The molecular formula is C20H17N5O3. The van der Waals surface area contributed by atoms with Gasteiger partial charge >= 0.3 is 0 Å². The number of hydrogen-bond donors (Lipinski definition) is 2. The minimum absolute atomic E-state index is 0.181. The van der Waals surface area contributed by atoms with E-state index < -0.39 is 5.91 Å². The van der Waals surface area contributed by atoms with E-state index >= 15 is 0 Å². The lowest BCUT2D eigenvalue weighted by molar-refractivity contribution is 0.102. The monoisotopic (exact) mass is 375 g/mol. The standard InChI is InChI=1S/C20H17N5O3/c1-27-17-7-6-15(11-18(17)28-2)24-20-22-9-8-16(25-20)19(26)23-14-5-3-4-13(10-14)12-21/h3-11H,1-2H3,(H,23,26)(H,22,24,25). The Kier molecular flexibility index (Phi) is 5.67. The molecule has 0 saturated carbocycles. The van der Waals surface area contributed by atoms with Crippen LogP contribution in [0.25, 0.3) is 0 Å². The number of nitrogens with zero attached hydrogens (tertiary/aromatic N) is 3. The summed E-state index contributed by atoms with van der Waals surface area (Å²) in [6, 6.07) is 15.4. The highest BCUT2D eigenvalue weighted by Gasteiger charge is 2.11. The van der Waals surface area contributed by atoms with Gasteiger partial charge in [-0.05, 0) is 36.4 Å². The molecular weight excluding hydrogens is 358 g/mol. The maximum Gasteiger partial charge on any atom is 0.274 e. The van der Waals surface area contributed by atoms with E-state index in [2.05, 4.69) is 20.6 Å². The van der Waals surface area contributed by atoms with Gasteiger partial charge in [0.2, 0.25) is 5.95 Å². The van der Waals surface area contributed by atoms with Crippen LogP contribution in [0.15, 0.2) is 54.7 Å². The Morgan fingerprint density at radius 3 is 2.61 bits per heavy atom. The Labute approximate surface area is 161 Å². The predicted molar refractivity (Wildman–Crippen MR) is 104 cm³/mol. The number of nitriles is 1. The minimum atomic E-state index is -0.409. The summed E-state index contributed by atoms with van der Waals surface area (Å²) in [5.41, 5.74) is 1.82. The second-order valence-corrected chi connectivity index (χ2v) is 5.61. The highest BCUT2D eigenvalue weighted by molar-refractivity contribution is 6.03. The second kappa shape index (κ2) is 8.51. The molecule has 0 bridgehead atoms. The normalized spacial score (nSPS) is 9.89. The maximum atomic E-state index is 12.5. The molecule has 1 heterocycles. The lowest BCUT2D eigenvalue weighted by Crippen LogP contribution is -2.14. The molecule has 28 heavy (non-hydrogen) atoms. The zero-order chi connectivity index (χ0) is 19.9. The van der Waals surface area contributed by atoms with E-state index in [9.17, 15) is 4.79 Å². The molecule has 0 aliphatic carbocycles. The van der Waals surface area contributed by atoms with Gasteiger partial charge in [-0.1, -0.05) is 6.07 Å². The average Bonchev–Trinajstić information content (AvgIpc) is 2.74. The predicted octanol–water partition coefficient (Wildman–Crippen LogP) is 3.36. The Morgan fingerprint density at radius 1 is 1.04 bits per heavy atom. The first-order valence-electron chi connectivity index (χ1n) is 8.26. The first-order valence-corrected chi connectivity index (χ1v) is 8.26. The van der Waals surface area contributed by atoms with E-state index in [1.807, 2.05) is 6.07 Å². The van der Waals surface area contributed by atoms with Crippen LogP contribution in [0.2, 0.25) is 0 Å². The first-order chi connectivity index (χ1) is 13.6. The molecule has 0 fully saturated rings. The van der Waals surface area contributed by atoms with Crippen molar-refractivity contribution in [2.45, 2.75) is 0 Å². The first kappa shape index (κ1) is 18.7. The quantitative estimate of drug-likeness (QED) is 0.680.